The predicted octanol–water partition coefficient (Wildman–Crippen LogP) is 2.68. The molecule has 0 saturated heterocycles. The molecule has 0 aliphatic heterocycles. The van der Waals surface area contributed by atoms with Gasteiger partial charge < -0.3 is 15.2 Å². The zero-order valence-corrected chi connectivity index (χ0v) is 11.0. The highest BCUT2D eigenvalue weighted by molar-refractivity contribution is 5.55. The van der Waals surface area contributed by atoms with E-state index in [1.54, 1.807) is 25.6 Å². The van der Waals surface area contributed by atoms with Gasteiger partial charge in [0.05, 0.1) is 19.4 Å². The first kappa shape index (κ1) is 13.2. The molecule has 0 aliphatic carbocycles. The van der Waals surface area contributed by atoms with Crippen LogP contribution in [0.15, 0.2) is 42.7 Å². The van der Waals surface area contributed by atoms with E-state index in [4.69, 9.17) is 15.2 Å². The Morgan fingerprint density at radius 2 is 1.95 bits per heavy atom. The molecule has 0 radical (unpaired) electrons. The highest BCUT2D eigenvalue weighted by Crippen LogP contribution is 2.26. The summed E-state index contributed by atoms with van der Waals surface area (Å²) in [5.74, 6) is 1.42. The molecule has 0 bridgehead atoms. The Morgan fingerprint density at radius 1 is 1.16 bits per heavy atom. The number of aryl methyl sites for hydroxylation is 1. The molecular formula is C15H18N2O2. The summed E-state index contributed by atoms with van der Waals surface area (Å²) in [6.07, 6.45) is 5.55. The van der Waals surface area contributed by atoms with E-state index in [9.17, 15) is 0 Å². The topological polar surface area (TPSA) is 57.4 Å². The molecule has 4 heteroatoms. The van der Waals surface area contributed by atoms with Crippen molar-refractivity contribution in [3.05, 3.63) is 48.3 Å². The molecule has 0 saturated carbocycles. The zero-order valence-electron chi connectivity index (χ0n) is 11.0. The smallest absolute Gasteiger partial charge is 0.145 e. The van der Waals surface area contributed by atoms with Crippen LogP contribution in [-0.2, 0) is 6.42 Å². The third-order valence-electron chi connectivity index (χ3n) is 2.83. The Bertz CT molecular complexity index is 515. The predicted molar refractivity (Wildman–Crippen MR) is 75.5 cm³/mol. The molecule has 19 heavy (non-hydrogen) atoms. The summed E-state index contributed by atoms with van der Waals surface area (Å²) in [6, 6.07) is 9.49. The van der Waals surface area contributed by atoms with Gasteiger partial charge in [0.1, 0.15) is 11.5 Å². The molecule has 0 aliphatic rings. The van der Waals surface area contributed by atoms with E-state index >= 15 is 0 Å². The molecule has 4 nitrogen and oxygen atoms in total. The van der Waals surface area contributed by atoms with Crippen molar-refractivity contribution in [3.63, 3.8) is 0 Å². The molecule has 100 valence electrons. The first-order valence-corrected chi connectivity index (χ1v) is 6.25. The van der Waals surface area contributed by atoms with E-state index in [0.29, 0.717) is 18.0 Å². The molecule has 1 aromatic heterocycles. The number of pyridine rings is 1. The summed E-state index contributed by atoms with van der Waals surface area (Å²) in [4.78, 5) is 3.99. The van der Waals surface area contributed by atoms with Crippen LogP contribution in [0.1, 0.15) is 12.0 Å². The quantitative estimate of drug-likeness (QED) is 0.639. The third kappa shape index (κ3) is 3.88. The summed E-state index contributed by atoms with van der Waals surface area (Å²) >= 11 is 0. The number of hydrogen-bond acceptors (Lipinski definition) is 4. The molecule has 2 N–H and O–H groups in total. The van der Waals surface area contributed by atoms with Crippen molar-refractivity contribution in [2.45, 2.75) is 12.8 Å². The fourth-order valence-corrected chi connectivity index (χ4v) is 1.80. The van der Waals surface area contributed by atoms with Gasteiger partial charge in [0, 0.05) is 18.5 Å². The van der Waals surface area contributed by atoms with E-state index in [1.807, 2.05) is 24.3 Å². The number of benzene rings is 1. The SMILES string of the molecule is COc1cc(OCCCc2ccncc2)ccc1N. The van der Waals surface area contributed by atoms with Gasteiger partial charge in [-0.15, -0.1) is 0 Å². The Balaban J connectivity index is 1.80. The van der Waals surface area contributed by atoms with Crippen LogP contribution in [-0.4, -0.2) is 18.7 Å². The van der Waals surface area contributed by atoms with Gasteiger partial charge in [-0.25, -0.2) is 0 Å². The fraction of sp³-hybridized carbons (Fsp3) is 0.267. The Morgan fingerprint density at radius 3 is 2.68 bits per heavy atom. The number of nitrogen functional groups attached to an aromatic ring is 1. The van der Waals surface area contributed by atoms with Crippen LogP contribution < -0.4 is 15.2 Å². The Kier molecular flexibility index (Phi) is 4.61. The zero-order chi connectivity index (χ0) is 13.5. The number of methoxy groups -OCH3 is 1. The maximum Gasteiger partial charge on any atom is 0.145 e. The van der Waals surface area contributed by atoms with Gasteiger partial charge >= 0.3 is 0 Å². The second kappa shape index (κ2) is 6.64. The number of nitrogens with zero attached hydrogens (tertiary/aromatic N) is 1. The highest BCUT2D eigenvalue weighted by Gasteiger charge is 2.01. The van der Waals surface area contributed by atoms with Gasteiger partial charge in [0.25, 0.3) is 0 Å². The second-order valence-electron chi connectivity index (χ2n) is 4.21. The van der Waals surface area contributed by atoms with Crippen molar-refractivity contribution in [1.29, 1.82) is 0 Å². The lowest BCUT2D eigenvalue weighted by atomic mass is 10.1. The molecule has 1 heterocycles. The second-order valence-corrected chi connectivity index (χ2v) is 4.21. The summed E-state index contributed by atoms with van der Waals surface area (Å²) in [6.45, 7) is 0.662. The van der Waals surface area contributed by atoms with Crippen molar-refractivity contribution in [2.24, 2.45) is 0 Å². The molecule has 1 aromatic carbocycles. The van der Waals surface area contributed by atoms with Gasteiger partial charge in [-0.2, -0.15) is 0 Å². The molecule has 0 amide bonds. The van der Waals surface area contributed by atoms with Crippen LogP contribution in [0.5, 0.6) is 11.5 Å². The van der Waals surface area contributed by atoms with E-state index in [1.165, 1.54) is 5.56 Å². The molecule has 0 atom stereocenters. The largest absolute Gasteiger partial charge is 0.494 e. The van der Waals surface area contributed by atoms with Crippen LogP contribution in [0.3, 0.4) is 0 Å². The first-order valence-electron chi connectivity index (χ1n) is 6.25. The van der Waals surface area contributed by atoms with Crippen molar-refractivity contribution in [3.8, 4) is 11.5 Å². The minimum absolute atomic E-state index is 0.617. The van der Waals surface area contributed by atoms with E-state index < -0.39 is 0 Å². The number of nitrogens with two attached hydrogens (primary N) is 1. The molecule has 2 aromatic rings. The lowest BCUT2D eigenvalue weighted by Crippen LogP contribution is -2.00. The molecule has 0 fully saturated rings. The summed E-state index contributed by atoms with van der Waals surface area (Å²) in [7, 11) is 1.60. The van der Waals surface area contributed by atoms with E-state index in [-0.39, 0.29) is 0 Å². The first-order chi connectivity index (χ1) is 9.29. The van der Waals surface area contributed by atoms with Crippen molar-refractivity contribution >= 4 is 5.69 Å². The van der Waals surface area contributed by atoms with Crippen molar-refractivity contribution in [1.82, 2.24) is 4.98 Å². The summed E-state index contributed by atoms with van der Waals surface area (Å²) in [5.41, 5.74) is 7.63. The Labute approximate surface area is 113 Å². The maximum atomic E-state index is 5.74. The van der Waals surface area contributed by atoms with Crippen LogP contribution in [0.25, 0.3) is 0 Å². The van der Waals surface area contributed by atoms with Crippen LogP contribution in [0, 0.1) is 0 Å². The lowest BCUT2D eigenvalue weighted by Gasteiger charge is -2.09. The average Bonchev–Trinajstić information content (AvgIpc) is 2.46. The van der Waals surface area contributed by atoms with Gasteiger partial charge in [-0.3, -0.25) is 4.98 Å². The third-order valence-corrected chi connectivity index (χ3v) is 2.83. The average molecular weight is 258 g/mol. The number of rotatable bonds is 6. The number of hydrogen-bond donors (Lipinski definition) is 1. The molecule has 0 spiro atoms. The van der Waals surface area contributed by atoms with Crippen molar-refractivity contribution < 1.29 is 9.47 Å². The summed E-state index contributed by atoms with van der Waals surface area (Å²) in [5, 5.41) is 0. The lowest BCUT2D eigenvalue weighted by molar-refractivity contribution is 0.308. The number of ether oxygens (including phenoxy) is 2. The van der Waals surface area contributed by atoms with Crippen LogP contribution in [0.4, 0.5) is 5.69 Å². The van der Waals surface area contributed by atoms with Crippen molar-refractivity contribution in [2.75, 3.05) is 19.5 Å². The van der Waals surface area contributed by atoms with Gasteiger partial charge in [-0.1, -0.05) is 0 Å². The minimum Gasteiger partial charge on any atom is -0.494 e. The highest BCUT2D eigenvalue weighted by atomic mass is 16.5. The fourth-order valence-electron chi connectivity index (χ4n) is 1.80. The van der Waals surface area contributed by atoms with Gasteiger partial charge in [0.2, 0.25) is 0 Å². The maximum absolute atomic E-state index is 5.74. The molecular weight excluding hydrogens is 240 g/mol. The summed E-state index contributed by atoms with van der Waals surface area (Å²) < 4.78 is 10.8. The van der Waals surface area contributed by atoms with Gasteiger partial charge in [-0.05, 0) is 42.7 Å². The monoisotopic (exact) mass is 258 g/mol. The normalized spacial score (nSPS) is 10.2. The molecule has 0 unspecified atom stereocenters. The minimum atomic E-state index is 0.617. The van der Waals surface area contributed by atoms with Crippen LogP contribution >= 0.6 is 0 Å². The van der Waals surface area contributed by atoms with E-state index in [0.717, 1.165) is 18.6 Å². The van der Waals surface area contributed by atoms with E-state index in [2.05, 4.69) is 4.98 Å². The van der Waals surface area contributed by atoms with Crippen LogP contribution in [0.2, 0.25) is 0 Å². The van der Waals surface area contributed by atoms with Gasteiger partial charge in [0.15, 0.2) is 0 Å². The number of anilines is 1. The standard InChI is InChI=1S/C15H18N2O2/c1-18-15-11-13(4-5-14(15)16)19-10-2-3-12-6-8-17-9-7-12/h4-9,11H,2-3,10,16H2,1H3. The molecule has 2 rings (SSSR count). The Hall–Kier alpha value is -2.23. The number of aromatic nitrogens is 1.